The molecule has 0 N–H and O–H groups in total. The van der Waals surface area contributed by atoms with E-state index < -0.39 is 0 Å². The van der Waals surface area contributed by atoms with E-state index in [-0.39, 0.29) is 5.41 Å². The van der Waals surface area contributed by atoms with Crippen LogP contribution in [0.4, 0.5) is 0 Å². The second-order valence-electron chi connectivity index (χ2n) is 5.83. The van der Waals surface area contributed by atoms with Crippen molar-refractivity contribution in [2.24, 2.45) is 0 Å². The normalized spacial score (nSPS) is 11.8. The number of halogens is 1. The number of benzene rings is 1. The molecule has 96 valence electrons. The Labute approximate surface area is 115 Å². The average molecular weight is 297 g/mol. The second-order valence-corrected chi connectivity index (χ2v) is 6.39. The van der Waals surface area contributed by atoms with Crippen molar-refractivity contribution in [3.05, 3.63) is 34.9 Å². The first kappa shape index (κ1) is 14.8. The minimum atomic E-state index is 0.250. The number of unbranched alkanes of at least 4 members (excludes halogenated alkanes) is 2. The Hall–Kier alpha value is -0.300. The van der Waals surface area contributed by atoms with Crippen molar-refractivity contribution in [3.8, 4) is 0 Å². The summed E-state index contributed by atoms with van der Waals surface area (Å²) >= 11 is 3.55. The van der Waals surface area contributed by atoms with E-state index in [1.165, 1.54) is 42.4 Å². The molecule has 1 aromatic carbocycles. The molecular formula is C16H25Br. The van der Waals surface area contributed by atoms with Crippen molar-refractivity contribution in [2.75, 3.05) is 0 Å². The molecule has 0 amide bonds. The van der Waals surface area contributed by atoms with Gasteiger partial charge >= 0.3 is 0 Å². The van der Waals surface area contributed by atoms with E-state index in [9.17, 15) is 0 Å². The van der Waals surface area contributed by atoms with Crippen molar-refractivity contribution < 1.29 is 0 Å². The molecular weight excluding hydrogens is 272 g/mol. The number of aryl methyl sites for hydroxylation is 1. The van der Waals surface area contributed by atoms with Gasteiger partial charge in [-0.2, -0.15) is 0 Å². The third kappa shape index (κ3) is 4.46. The first-order chi connectivity index (χ1) is 7.99. The fourth-order valence-corrected chi connectivity index (χ4v) is 2.54. The molecule has 0 unspecified atom stereocenters. The molecule has 0 saturated carbocycles. The van der Waals surface area contributed by atoms with Gasteiger partial charge in [-0.25, -0.2) is 0 Å². The first-order valence-corrected chi connectivity index (χ1v) is 7.79. The minimum absolute atomic E-state index is 0.250. The van der Waals surface area contributed by atoms with Crippen LogP contribution in [0.3, 0.4) is 0 Å². The molecule has 0 fully saturated rings. The molecule has 0 nitrogen and oxygen atoms in total. The number of alkyl halides is 1. The zero-order valence-corrected chi connectivity index (χ0v) is 13.2. The second kappa shape index (κ2) is 6.58. The van der Waals surface area contributed by atoms with Gasteiger partial charge in [0.25, 0.3) is 0 Å². The van der Waals surface area contributed by atoms with E-state index in [1.54, 1.807) is 0 Å². The Balaban J connectivity index is 2.95. The van der Waals surface area contributed by atoms with E-state index in [2.05, 4.69) is 61.8 Å². The molecule has 0 aliphatic rings. The molecule has 0 radical (unpaired) electrons. The van der Waals surface area contributed by atoms with E-state index in [1.807, 2.05) is 0 Å². The van der Waals surface area contributed by atoms with E-state index >= 15 is 0 Å². The summed E-state index contributed by atoms with van der Waals surface area (Å²) in [7, 11) is 0. The largest absolute Gasteiger partial charge is 0.0876 e. The molecule has 0 spiro atoms. The van der Waals surface area contributed by atoms with Crippen molar-refractivity contribution in [1.82, 2.24) is 0 Å². The Morgan fingerprint density at radius 1 is 1.12 bits per heavy atom. The summed E-state index contributed by atoms with van der Waals surface area (Å²) in [6.45, 7) is 9.19. The molecule has 1 heteroatoms. The predicted molar refractivity (Wildman–Crippen MR) is 81.0 cm³/mol. The lowest BCUT2D eigenvalue weighted by Gasteiger charge is -2.24. The van der Waals surface area contributed by atoms with Crippen LogP contribution >= 0.6 is 15.9 Å². The maximum Gasteiger partial charge on any atom is 0.0283 e. The summed E-state index contributed by atoms with van der Waals surface area (Å²) < 4.78 is 0. The lowest BCUT2D eigenvalue weighted by molar-refractivity contribution is 0.577. The lowest BCUT2D eigenvalue weighted by Crippen LogP contribution is -2.14. The highest BCUT2D eigenvalue weighted by molar-refractivity contribution is 9.08. The zero-order chi connectivity index (χ0) is 12.9. The molecule has 1 rings (SSSR count). The number of hydrogen-bond donors (Lipinski definition) is 0. The van der Waals surface area contributed by atoms with Crippen molar-refractivity contribution in [3.63, 3.8) is 0 Å². The lowest BCUT2D eigenvalue weighted by atomic mass is 9.81. The Bertz CT molecular complexity index is 347. The van der Waals surface area contributed by atoms with Gasteiger partial charge in [-0.15, -0.1) is 0 Å². The van der Waals surface area contributed by atoms with Gasteiger partial charge in [-0.3, -0.25) is 0 Å². The smallest absolute Gasteiger partial charge is 0.0283 e. The van der Waals surface area contributed by atoms with Gasteiger partial charge in [0.05, 0.1) is 0 Å². The van der Waals surface area contributed by atoms with Crippen LogP contribution in [-0.4, -0.2) is 0 Å². The highest BCUT2D eigenvalue weighted by Gasteiger charge is 2.17. The third-order valence-corrected chi connectivity index (χ3v) is 3.83. The highest BCUT2D eigenvalue weighted by Crippen LogP contribution is 2.28. The molecule has 0 aliphatic heterocycles. The SMILES string of the molecule is CCCCCc1ccc(CBr)cc1C(C)(C)C. The topological polar surface area (TPSA) is 0 Å². The van der Waals surface area contributed by atoms with Gasteiger partial charge in [-0.05, 0) is 34.9 Å². The van der Waals surface area contributed by atoms with E-state index in [4.69, 9.17) is 0 Å². The Kier molecular flexibility index (Phi) is 5.72. The fourth-order valence-electron chi connectivity index (χ4n) is 2.19. The maximum absolute atomic E-state index is 3.55. The van der Waals surface area contributed by atoms with Gasteiger partial charge in [0.1, 0.15) is 0 Å². The molecule has 0 aliphatic carbocycles. The van der Waals surface area contributed by atoms with Crippen LogP contribution < -0.4 is 0 Å². The third-order valence-electron chi connectivity index (χ3n) is 3.19. The molecule has 1 aromatic rings. The van der Waals surface area contributed by atoms with Gasteiger partial charge in [0, 0.05) is 5.33 Å². The van der Waals surface area contributed by atoms with Gasteiger partial charge in [0.15, 0.2) is 0 Å². The van der Waals surface area contributed by atoms with Crippen molar-refractivity contribution >= 4 is 15.9 Å². The number of hydrogen-bond acceptors (Lipinski definition) is 0. The van der Waals surface area contributed by atoms with Crippen LogP contribution in [-0.2, 0) is 17.2 Å². The predicted octanol–water partition coefficient (Wildman–Crippen LogP) is 5.61. The minimum Gasteiger partial charge on any atom is -0.0876 e. The first-order valence-electron chi connectivity index (χ1n) is 6.67. The Morgan fingerprint density at radius 2 is 1.82 bits per heavy atom. The zero-order valence-electron chi connectivity index (χ0n) is 11.6. The molecule has 0 atom stereocenters. The monoisotopic (exact) mass is 296 g/mol. The van der Waals surface area contributed by atoms with Crippen LogP contribution in [0.25, 0.3) is 0 Å². The average Bonchev–Trinajstić information content (AvgIpc) is 2.28. The van der Waals surface area contributed by atoms with E-state index in [0.717, 1.165) is 5.33 Å². The molecule has 0 heterocycles. The molecule has 17 heavy (non-hydrogen) atoms. The van der Waals surface area contributed by atoms with Crippen LogP contribution in [0.15, 0.2) is 18.2 Å². The maximum atomic E-state index is 3.55. The molecule has 0 saturated heterocycles. The molecule has 0 bridgehead atoms. The van der Waals surface area contributed by atoms with Gasteiger partial charge in [0.2, 0.25) is 0 Å². The van der Waals surface area contributed by atoms with Crippen LogP contribution in [0.1, 0.15) is 63.6 Å². The summed E-state index contributed by atoms with van der Waals surface area (Å²) in [5.41, 5.74) is 4.69. The summed E-state index contributed by atoms with van der Waals surface area (Å²) in [6.07, 6.45) is 5.17. The van der Waals surface area contributed by atoms with Crippen LogP contribution in [0, 0.1) is 0 Å². The fraction of sp³-hybridized carbons (Fsp3) is 0.625. The van der Waals surface area contributed by atoms with Crippen LogP contribution in [0.2, 0.25) is 0 Å². The highest BCUT2D eigenvalue weighted by atomic mass is 79.9. The quantitative estimate of drug-likeness (QED) is 0.489. The summed E-state index contributed by atoms with van der Waals surface area (Å²) in [5, 5.41) is 0.950. The molecule has 0 aromatic heterocycles. The summed E-state index contributed by atoms with van der Waals surface area (Å²) in [4.78, 5) is 0. The standard InChI is InChI=1S/C16H25Br/c1-5-6-7-8-14-10-9-13(12-17)11-15(14)16(2,3)4/h9-11H,5-8,12H2,1-4H3. The van der Waals surface area contributed by atoms with Crippen LogP contribution in [0.5, 0.6) is 0 Å². The van der Waals surface area contributed by atoms with Crippen molar-refractivity contribution in [2.45, 2.75) is 64.1 Å². The number of rotatable bonds is 5. The summed E-state index contributed by atoms with van der Waals surface area (Å²) in [5.74, 6) is 0. The van der Waals surface area contributed by atoms with Crippen molar-refractivity contribution in [1.29, 1.82) is 0 Å². The summed E-state index contributed by atoms with van der Waals surface area (Å²) in [6, 6.07) is 6.95. The van der Waals surface area contributed by atoms with Gasteiger partial charge in [-0.1, -0.05) is 74.7 Å². The van der Waals surface area contributed by atoms with Gasteiger partial charge < -0.3 is 0 Å². The Morgan fingerprint density at radius 3 is 2.35 bits per heavy atom. The van der Waals surface area contributed by atoms with E-state index in [0.29, 0.717) is 0 Å².